The number of hydrogen-bond acceptors (Lipinski definition) is 2. The third-order valence-electron chi connectivity index (χ3n) is 10.5. The Labute approximate surface area is 192 Å². The van der Waals surface area contributed by atoms with Crippen LogP contribution in [0.5, 0.6) is 0 Å². The molecule has 0 radical (unpaired) electrons. The molecule has 2 nitrogen and oxygen atoms in total. The molecule has 3 fully saturated rings. The molecule has 9 atom stereocenters. The zero-order valence-corrected chi connectivity index (χ0v) is 20.1. The van der Waals surface area contributed by atoms with Crippen LogP contribution in [0.4, 0.5) is 13.2 Å². The van der Waals surface area contributed by atoms with Crippen LogP contribution in [0, 0.1) is 40.9 Å². The van der Waals surface area contributed by atoms with Gasteiger partial charge in [0.2, 0.25) is 0 Å². The monoisotopic (exact) mass is 456 g/mol. The first-order valence-corrected chi connectivity index (χ1v) is 13.1. The lowest BCUT2D eigenvalue weighted by Crippen LogP contribution is -2.48. The highest BCUT2D eigenvalue weighted by Crippen LogP contribution is 2.65. The molecule has 2 N–H and O–H groups in total. The Bertz CT molecular complexity index is 704. The largest absolute Gasteiger partial charge is 0.414 e. The van der Waals surface area contributed by atoms with E-state index < -0.39 is 17.9 Å². The molecule has 0 amide bonds. The molecular formula is C27H43F3O2. The van der Waals surface area contributed by atoms with Crippen LogP contribution < -0.4 is 0 Å². The van der Waals surface area contributed by atoms with Gasteiger partial charge in [-0.15, -0.1) is 0 Å². The van der Waals surface area contributed by atoms with Gasteiger partial charge in [-0.3, -0.25) is 0 Å². The fraction of sp³-hybridized carbons (Fsp3) is 0.926. The van der Waals surface area contributed by atoms with E-state index in [1.807, 2.05) is 0 Å². The highest BCUT2D eigenvalue weighted by molar-refractivity contribution is 5.22. The van der Waals surface area contributed by atoms with Crippen LogP contribution in [0.1, 0.15) is 97.8 Å². The van der Waals surface area contributed by atoms with Gasteiger partial charge in [-0.1, -0.05) is 45.3 Å². The minimum absolute atomic E-state index is 0.176. The average Bonchev–Trinajstić information content (AvgIpc) is 3.09. The molecule has 4 rings (SSSR count). The topological polar surface area (TPSA) is 40.5 Å². The van der Waals surface area contributed by atoms with Crippen molar-refractivity contribution in [3.63, 3.8) is 0 Å². The van der Waals surface area contributed by atoms with Crippen LogP contribution in [0.3, 0.4) is 0 Å². The third kappa shape index (κ3) is 4.42. The predicted octanol–water partition coefficient (Wildman–Crippen LogP) is 7.05. The lowest BCUT2D eigenvalue weighted by Gasteiger charge is -2.55. The minimum Gasteiger partial charge on any atom is -0.390 e. The standard InChI is InChI=1S/C27H43F3O2/c1-4-26(32)15-13-19-18(16-26)8-9-21-20(19)12-14-25(3)22(10-11-23(21)25)17(2)6-5-7-24(31)27(28,29)30/h8,17,19-24,31-32H,4-7,9-16H2,1-3H3/t17-,19?,20?,21-,22-,23+,24+,25-,26+/m1/s1. The Balaban J connectivity index is 1.40. The molecule has 0 aromatic rings. The highest BCUT2D eigenvalue weighted by Gasteiger charge is 2.57. The number of hydrogen-bond donors (Lipinski definition) is 2. The number of alkyl halides is 3. The first-order chi connectivity index (χ1) is 15.0. The SMILES string of the molecule is CC[C@]1(O)CCC2C(=CC[C@@H]3C2CC[C@]2(C)[C@@H]([C@H](C)CCC[C@H](O)C(F)(F)F)CC[C@@H]32)C1. The zero-order valence-electron chi connectivity index (χ0n) is 20.1. The molecule has 3 saturated carbocycles. The van der Waals surface area contributed by atoms with Gasteiger partial charge >= 0.3 is 6.18 Å². The summed E-state index contributed by atoms with van der Waals surface area (Å²) in [5, 5.41) is 20.2. The summed E-state index contributed by atoms with van der Waals surface area (Å²) >= 11 is 0. The maximum atomic E-state index is 12.6. The molecule has 4 aliphatic carbocycles. The van der Waals surface area contributed by atoms with Crippen molar-refractivity contribution in [2.45, 2.75) is 116 Å². The molecule has 0 aliphatic heterocycles. The van der Waals surface area contributed by atoms with Gasteiger partial charge in [0, 0.05) is 0 Å². The highest BCUT2D eigenvalue weighted by atomic mass is 19.4. The van der Waals surface area contributed by atoms with Crippen LogP contribution in [-0.2, 0) is 0 Å². The number of allylic oxidation sites excluding steroid dienone is 1. The second-order valence-electron chi connectivity index (χ2n) is 12.0. The fourth-order valence-electron chi connectivity index (χ4n) is 8.64. The average molecular weight is 457 g/mol. The fourth-order valence-corrected chi connectivity index (χ4v) is 8.64. The minimum atomic E-state index is -4.49. The molecule has 184 valence electrons. The Kier molecular flexibility index (Phi) is 6.84. The predicted molar refractivity (Wildman–Crippen MR) is 121 cm³/mol. The van der Waals surface area contributed by atoms with Crippen LogP contribution in [0.2, 0.25) is 0 Å². The summed E-state index contributed by atoms with van der Waals surface area (Å²) in [5.74, 6) is 3.86. The van der Waals surface area contributed by atoms with E-state index in [1.165, 1.54) is 31.3 Å². The summed E-state index contributed by atoms with van der Waals surface area (Å²) in [5.41, 5.74) is 1.33. The van der Waals surface area contributed by atoms with Gasteiger partial charge in [0.25, 0.3) is 0 Å². The molecule has 2 unspecified atom stereocenters. The van der Waals surface area contributed by atoms with E-state index in [0.717, 1.165) is 56.3 Å². The maximum Gasteiger partial charge on any atom is 0.414 e. The number of rotatable bonds is 6. The Hall–Kier alpha value is -0.550. The van der Waals surface area contributed by atoms with Crippen molar-refractivity contribution in [2.75, 3.05) is 0 Å². The summed E-state index contributed by atoms with van der Waals surface area (Å²) in [6, 6.07) is 0. The molecule has 0 saturated heterocycles. The third-order valence-corrected chi connectivity index (χ3v) is 10.5. The van der Waals surface area contributed by atoms with E-state index in [9.17, 15) is 23.4 Å². The van der Waals surface area contributed by atoms with E-state index in [2.05, 4.69) is 26.8 Å². The van der Waals surface area contributed by atoms with Crippen molar-refractivity contribution in [3.05, 3.63) is 11.6 Å². The van der Waals surface area contributed by atoms with Crippen molar-refractivity contribution < 1.29 is 23.4 Å². The lowest BCUT2D eigenvalue weighted by atomic mass is 9.50. The van der Waals surface area contributed by atoms with Gasteiger partial charge in [-0.25, -0.2) is 0 Å². The van der Waals surface area contributed by atoms with E-state index in [4.69, 9.17) is 0 Å². The molecular weight excluding hydrogens is 413 g/mol. The molecule has 0 spiro atoms. The second-order valence-corrected chi connectivity index (χ2v) is 12.0. The van der Waals surface area contributed by atoms with E-state index >= 15 is 0 Å². The van der Waals surface area contributed by atoms with E-state index in [-0.39, 0.29) is 6.42 Å². The first-order valence-electron chi connectivity index (χ1n) is 13.1. The second kappa shape index (κ2) is 8.91. The van der Waals surface area contributed by atoms with Gasteiger partial charge in [-0.05, 0) is 105 Å². The van der Waals surface area contributed by atoms with Gasteiger partial charge in [0.15, 0.2) is 0 Å². The number of fused-ring (bicyclic) bond motifs is 5. The lowest BCUT2D eigenvalue weighted by molar-refractivity contribution is -0.205. The van der Waals surface area contributed by atoms with Crippen molar-refractivity contribution in [1.29, 1.82) is 0 Å². The van der Waals surface area contributed by atoms with Gasteiger partial charge in [-0.2, -0.15) is 13.2 Å². The van der Waals surface area contributed by atoms with Crippen LogP contribution in [-0.4, -0.2) is 28.1 Å². The van der Waals surface area contributed by atoms with Gasteiger partial charge < -0.3 is 10.2 Å². The Morgan fingerprint density at radius 3 is 2.53 bits per heavy atom. The normalized spacial score (nSPS) is 43.6. The molecule has 0 heterocycles. The number of aliphatic hydroxyl groups is 2. The van der Waals surface area contributed by atoms with Crippen LogP contribution in [0.25, 0.3) is 0 Å². The molecule has 32 heavy (non-hydrogen) atoms. The summed E-state index contributed by atoms with van der Waals surface area (Å²) < 4.78 is 37.9. The summed E-state index contributed by atoms with van der Waals surface area (Å²) in [4.78, 5) is 0. The van der Waals surface area contributed by atoms with Crippen molar-refractivity contribution >= 4 is 0 Å². The molecule has 4 aliphatic rings. The Morgan fingerprint density at radius 1 is 1.09 bits per heavy atom. The maximum absolute atomic E-state index is 12.6. The van der Waals surface area contributed by atoms with E-state index in [0.29, 0.717) is 29.6 Å². The molecule has 0 aromatic heterocycles. The van der Waals surface area contributed by atoms with Crippen molar-refractivity contribution in [2.24, 2.45) is 40.9 Å². The summed E-state index contributed by atoms with van der Waals surface area (Å²) in [7, 11) is 0. The molecule has 0 aromatic carbocycles. The zero-order chi connectivity index (χ0) is 23.3. The first kappa shape index (κ1) is 24.6. The van der Waals surface area contributed by atoms with Gasteiger partial charge in [0.05, 0.1) is 5.60 Å². The van der Waals surface area contributed by atoms with Gasteiger partial charge in [0.1, 0.15) is 6.10 Å². The Morgan fingerprint density at radius 2 is 1.84 bits per heavy atom. The van der Waals surface area contributed by atoms with Crippen LogP contribution in [0.15, 0.2) is 11.6 Å². The van der Waals surface area contributed by atoms with Crippen LogP contribution >= 0.6 is 0 Å². The van der Waals surface area contributed by atoms with Crippen molar-refractivity contribution in [3.8, 4) is 0 Å². The number of halogens is 3. The quantitative estimate of drug-likeness (QED) is 0.421. The summed E-state index contributed by atoms with van der Waals surface area (Å²) in [6.07, 6.45) is 6.71. The molecule has 5 heteroatoms. The van der Waals surface area contributed by atoms with E-state index in [1.54, 1.807) is 0 Å². The summed E-state index contributed by atoms with van der Waals surface area (Å²) in [6.45, 7) is 6.81. The van der Waals surface area contributed by atoms with Crippen molar-refractivity contribution in [1.82, 2.24) is 0 Å². The molecule has 0 bridgehead atoms. The smallest absolute Gasteiger partial charge is 0.390 e. The number of aliphatic hydroxyl groups excluding tert-OH is 1.